The summed E-state index contributed by atoms with van der Waals surface area (Å²) in [5, 5.41) is 6.53. The highest BCUT2D eigenvalue weighted by Gasteiger charge is 2.29. The van der Waals surface area contributed by atoms with Gasteiger partial charge in [-0.15, -0.1) is 0 Å². The van der Waals surface area contributed by atoms with Crippen molar-refractivity contribution in [3.63, 3.8) is 0 Å². The minimum absolute atomic E-state index is 0.0299. The molecule has 26 heavy (non-hydrogen) atoms. The number of anilines is 2. The van der Waals surface area contributed by atoms with Crippen LogP contribution in [0.3, 0.4) is 0 Å². The molecule has 1 aliphatic rings. The van der Waals surface area contributed by atoms with Crippen molar-refractivity contribution in [3.05, 3.63) is 46.4 Å². The average molecular weight is 395 g/mol. The van der Waals surface area contributed by atoms with E-state index >= 15 is 0 Å². The molecule has 0 saturated carbocycles. The molecule has 0 radical (unpaired) electrons. The highest BCUT2D eigenvalue weighted by molar-refractivity contribution is 7.91. The third kappa shape index (κ3) is 4.50. The number of sulfone groups is 1. The summed E-state index contributed by atoms with van der Waals surface area (Å²) < 4.78 is 23.1. The van der Waals surface area contributed by atoms with Gasteiger partial charge in [-0.3, -0.25) is 4.79 Å². The van der Waals surface area contributed by atoms with Crippen molar-refractivity contribution in [2.45, 2.75) is 26.3 Å². The summed E-state index contributed by atoms with van der Waals surface area (Å²) in [6, 6.07) is 6.58. The zero-order chi connectivity index (χ0) is 18.9. The quantitative estimate of drug-likeness (QED) is 0.825. The lowest BCUT2D eigenvalue weighted by Gasteiger charge is -2.13. The molecule has 1 aromatic heterocycles. The number of hydrogen-bond acceptors (Lipinski definition) is 6. The molecule has 138 valence electrons. The molecule has 2 aromatic rings. The maximum Gasteiger partial charge on any atom is 0.270 e. The van der Waals surface area contributed by atoms with Crippen LogP contribution < -0.4 is 10.6 Å². The summed E-state index contributed by atoms with van der Waals surface area (Å²) >= 11 is 5.96. The van der Waals surface area contributed by atoms with Crippen molar-refractivity contribution in [2.24, 2.45) is 0 Å². The van der Waals surface area contributed by atoms with Crippen molar-refractivity contribution >= 4 is 38.9 Å². The molecule has 1 atom stereocenters. The molecule has 7 nitrogen and oxygen atoms in total. The van der Waals surface area contributed by atoms with E-state index in [1.807, 2.05) is 19.1 Å². The van der Waals surface area contributed by atoms with Gasteiger partial charge in [-0.1, -0.05) is 11.6 Å². The van der Waals surface area contributed by atoms with Crippen LogP contribution in [0.2, 0.25) is 5.02 Å². The standard InChI is InChI=1S/C17H19ClN4O3S/c1-10-7-12(18)3-4-14(10)22-16-8-15(19-11(2)20-16)17(23)21-13-5-6-26(24,25)9-13/h3-4,7-8,13H,5-6,9H2,1-2H3,(H,21,23)(H,19,20,22). The molecule has 2 N–H and O–H groups in total. The smallest absolute Gasteiger partial charge is 0.270 e. The predicted octanol–water partition coefficient (Wildman–Crippen LogP) is 2.41. The van der Waals surface area contributed by atoms with Crippen molar-refractivity contribution in [3.8, 4) is 0 Å². The Labute approximate surface area is 157 Å². The van der Waals surface area contributed by atoms with Crippen LogP contribution in [0.4, 0.5) is 11.5 Å². The Kier molecular flexibility index (Phi) is 5.15. The largest absolute Gasteiger partial charge is 0.347 e. The number of aryl methyl sites for hydroxylation is 2. The number of carbonyl (C=O) groups is 1. The normalized spacial score (nSPS) is 18.5. The van der Waals surface area contributed by atoms with Gasteiger partial charge in [-0.05, 0) is 44.0 Å². The first kappa shape index (κ1) is 18.6. The molecule has 2 heterocycles. The number of carbonyl (C=O) groups excluding carboxylic acids is 1. The van der Waals surface area contributed by atoms with Gasteiger partial charge >= 0.3 is 0 Å². The topological polar surface area (TPSA) is 101 Å². The van der Waals surface area contributed by atoms with E-state index in [1.165, 1.54) is 0 Å². The van der Waals surface area contributed by atoms with E-state index in [9.17, 15) is 13.2 Å². The molecule has 0 spiro atoms. The van der Waals surface area contributed by atoms with Crippen molar-refractivity contribution in [2.75, 3.05) is 16.8 Å². The maximum absolute atomic E-state index is 12.4. The monoisotopic (exact) mass is 394 g/mol. The molecule has 1 saturated heterocycles. The van der Waals surface area contributed by atoms with E-state index in [1.54, 1.807) is 19.1 Å². The molecule has 0 bridgehead atoms. The zero-order valence-electron chi connectivity index (χ0n) is 14.4. The minimum Gasteiger partial charge on any atom is -0.347 e. The number of nitrogens with one attached hydrogen (secondary N) is 2. The fourth-order valence-electron chi connectivity index (χ4n) is 2.82. The van der Waals surface area contributed by atoms with E-state index in [2.05, 4.69) is 20.6 Å². The van der Waals surface area contributed by atoms with E-state index in [4.69, 9.17) is 11.6 Å². The highest BCUT2D eigenvalue weighted by atomic mass is 35.5. The van der Waals surface area contributed by atoms with E-state index in [0.717, 1.165) is 11.3 Å². The van der Waals surface area contributed by atoms with Gasteiger partial charge < -0.3 is 10.6 Å². The van der Waals surface area contributed by atoms with Gasteiger partial charge in [0, 0.05) is 22.8 Å². The SMILES string of the molecule is Cc1nc(Nc2ccc(Cl)cc2C)cc(C(=O)NC2CCS(=O)(=O)C2)n1. The van der Waals surface area contributed by atoms with Crippen LogP contribution >= 0.6 is 11.6 Å². The first-order valence-electron chi connectivity index (χ1n) is 8.12. The van der Waals surface area contributed by atoms with Crippen LogP contribution in [0.15, 0.2) is 24.3 Å². The molecular formula is C17H19ClN4O3S. The van der Waals surface area contributed by atoms with Crippen LogP contribution in [0, 0.1) is 13.8 Å². The Morgan fingerprint density at radius 1 is 1.23 bits per heavy atom. The first-order chi connectivity index (χ1) is 12.2. The van der Waals surface area contributed by atoms with Gasteiger partial charge in [-0.2, -0.15) is 0 Å². The van der Waals surface area contributed by atoms with Crippen LogP contribution in [-0.4, -0.2) is 41.8 Å². The summed E-state index contributed by atoms with van der Waals surface area (Å²) in [6.07, 6.45) is 0.424. The van der Waals surface area contributed by atoms with Crippen LogP contribution in [0.5, 0.6) is 0 Å². The molecule has 3 rings (SSSR count). The number of amides is 1. The number of hydrogen-bond donors (Lipinski definition) is 2. The third-order valence-electron chi connectivity index (χ3n) is 4.09. The van der Waals surface area contributed by atoms with Gasteiger partial charge in [0.1, 0.15) is 17.3 Å². The Hall–Kier alpha value is -2.19. The van der Waals surface area contributed by atoms with Gasteiger partial charge in [0.25, 0.3) is 5.91 Å². The number of benzene rings is 1. The lowest BCUT2D eigenvalue weighted by atomic mass is 10.2. The summed E-state index contributed by atoms with van der Waals surface area (Å²) in [4.78, 5) is 20.9. The Balaban J connectivity index is 1.78. The first-order valence-corrected chi connectivity index (χ1v) is 10.3. The van der Waals surface area contributed by atoms with Gasteiger partial charge in [0.2, 0.25) is 0 Å². The molecule has 0 aliphatic carbocycles. The molecule has 1 fully saturated rings. The van der Waals surface area contributed by atoms with Gasteiger partial charge in [0.05, 0.1) is 11.5 Å². The molecule has 9 heteroatoms. The van der Waals surface area contributed by atoms with E-state index in [0.29, 0.717) is 23.1 Å². The van der Waals surface area contributed by atoms with Crippen LogP contribution in [-0.2, 0) is 9.84 Å². The van der Waals surface area contributed by atoms with Crippen LogP contribution in [0.1, 0.15) is 28.3 Å². The summed E-state index contributed by atoms with van der Waals surface area (Å²) in [5.74, 6) is 0.577. The third-order valence-corrected chi connectivity index (χ3v) is 6.09. The van der Waals surface area contributed by atoms with Crippen molar-refractivity contribution < 1.29 is 13.2 Å². The molecule has 1 aromatic carbocycles. The van der Waals surface area contributed by atoms with E-state index < -0.39 is 15.7 Å². The molecule has 1 amide bonds. The van der Waals surface area contributed by atoms with Crippen molar-refractivity contribution in [1.82, 2.24) is 15.3 Å². The van der Waals surface area contributed by atoms with Gasteiger partial charge in [-0.25, -0.2) is 18.4 Å². The zero-order valence-corrected chi connectivity index (χ0v) is 16.0. The summed E-state index contributed by atoms with van der Waals surface area (Å²) in [6.45, 7) is 3.60. The second-order valence-electron chi connectivity index (χ2n) is 6.34. The molecular weight excluding hydrogens is 376 g/mol. The number of aromatic nitrogens is 2. The summed E-state index contributed by atoms with van der Waals surface area (Å²) in [7, 11) is -3.06. The fourth-order valence-corrected chi connectivity index (χ4v) is 4.72. The minimum atomic E-state index is -3.06. The Morgan fingerprint density at radius 3 is 2.65 bits per heavy atom. The Morgan fingerprint density at radius 2 is 2.00 bits per heavy atom. The molecule has 1 unspecified atom stereocenters. The number of halogens is 1. The van der Waals surface area contributed by atoms with Crippen molar-refractivity contribution in [1.29, 1.82) is 0 Å². The molecule has 1 aliphatic heterocycles. The second-order valence-corrected chi connectivity index (χ2v) is 9.01. The summed E-state index contributed by atoms with van der Waals surface area (Å²) in [5.41, 5.74) is 1.95. The van der Waals surface area contributed by atoms with Gasteiger partial charge in [0.15, 0.2) is 9.84 Å². The number of nitrogens with zero attached hydrogens (tertiary/aromatic N) is 2. The average Bonchev–Trinajstić information content (AvgIpc) is 2.88. The maximum atomic E-state index is 12.4. The van der Waals surface area contributed by atoms with Crippen LogP contribution in [0.25, 0.3) is 0 Å². The Bertz CT molecular complexity index is 962. The lowest BCUT2D eigenvalue weighted by Crippen LogP contribution is -2.36. The second kappa shape index (κ2) is 7.20. The number of rotatable bonds is 4. The lowest BCUT2D eigenvalue weighted by molar-refractivity contribution is 0.0935. The fraction of sp³-hybridized carbons (Fsp3) is 0.353. The predicted molar refractivity (Wildman–Crippen MR) is 101 cm³/mol. The highest BCUT2D eigenvalue weighted by Crippen LogP contribution is 2.23. The van der Waals surface area contributed by atoms with E-state index in [-0.39, 0.29) is 23.2 Å².